The number of hydrogen-bond acceptors (Lipinski definition) is 3. The highest BCUT2D eigenvalue weighted by Crippen LogP contribution is 2.29. The Morgan fingerprint density at radius 2 is 1.95 bits per heavy atom. The lowest BCUT2D eigenvalue weighted by atomic mass is 10.2. The van der Waals surface area contributed by atoms with Crippen molar-refractivity contribution in [2.24, 2.45) is 0 Å². The zero-order valence-electron chi connectivity index (χ0n) is 10.4. The Morgan fingerprint density at radius 1 is 1.16 bits per heavy atom. The van der Waals surface area contributed by atoms with Crippen molar-refractivity contribution in [1.82, 2.24) is 0 Å². The third-order valence-electron chi connectivity index (χ3n) is 2.63. The summed E-state index contributed by atoms with van der Waals surface area (Å²) in [5.74, 6) is 1.12. The molecule has 96 valence electrons. The van der Waals surface area contributed by atoms with Gasteiger partial charge in [0.2, 0.25) is 0 Å². The first kappa shape index (κ1) is 13.3. The molecule has 0 fully saturated rings. The fraction of sp³-hybridized carbons (Fsp3) is 0.133. The molecule has 3 nitrogen and oxygen atoms in total. The molecule has 2 aromatic carbocycles. The average molecular weight is 274 g/mol. The molecule has 0 bridgehead atoms. The van der Waals surface area contributed by atoms with Crippen molar-refractivity contribution in [3.63, 3.8) is 0 Å². The van der Waals surface area contributed by atoms with E-state index in [0.29, 0.717) is 28.7 Å². The topological polar surface area (TPSA) is 42.2 Å². The van der Waals surface area contributed by atoms with Crippen LogP contribution in [0.25, 0.3) is 0 Å². The molecule has 0 aromatic heterocycles. The van der Waals surface area contributed by atoms with Crippen LogP contribution in [0, 0.1) is 11.3 Å². The second-order valence-electron chi connectivity index (χ2n) is 3.86. The first-order valence-electron chi connectivity index (χ1n) is 5.69. The van der Waals surface area contributed by atoms with Crippen molar-refractivity contribution < 1.29 is 9.47 Å². The first-order chi connectivity index (χ1) is 9.24. The largest absolute Gasteiger partial charge is 0.493 e. The number of nitrogens with zero attached hydrogens (tertiary/aromatic N) is 1. The van der Waals surface area contributed by atoms with E-state index in [1.807, 2.05) is 24.3 Å². The summed E-state index contributed by atoms with van der Waals surface area (Å²) in [6.07, 6.45) is 0. The Bertz CT molecular complexity index is 620. The standard InChI is InChI=1S/C15H12ClNO2/c1-18-15-8-11(9-17)6-7-14(15)19-10-12-4-2-3-5-13(12)16/h2-8H,10H2,1H3. The molecule has 4 heteroatoms. The van der Waals surface area contributed by atoms with E-state index in [-0.39, 0.29) is 0 Å². The second kappa shape index (κ2) is 6.12. The Balaban J connectivity index is 2.16. The van der Waals surface area contributed by atoms with E-state index in [4.69, 9.17) is 26.3 Å². The van der Waals surface area contributed by atoms with Gasteiger partial charge in [0, 0.05) is 16.7 Å². The Kier molecular flexibility index (Phi) is 4.27. The van der Waals surface area contributed by atoms with E-state index >= 15 is 0 Å². The van der Waals surface area contributed by atoms with Gasteiger partial charge in [0.1, 0.15) is 6.61 Å². The van der Waals surface area contributed by atoms with Gasteiger partial charge in [-0.3, -0.25) is 0 Å². The van der Waals surface area contributed by atoms with Gasteiger partial charge in [-0.1, -0.05) is 29.8 Å². The molecule has 0 atom stereocenters. The number of methoxy groups -OCH3 is 1. The van der Waals surface area contributed by atoms with E-state index in [9.17, 15) is 0 Å². The number of rotatable bonds is 4. The molecule has 2 aromatic rings. The normalized spacial score (nSPS) is 9.74. The molecule has 0 aliphatic carbocycles. The summed E-state index contributed by atoms with van der Waals surface area (Å²) >= 11 is 6.06. The average Bonchev–Trinajstić information content (AvgIpc) is 2.46. The summed E-state index contributed by atoms with van der Waals surface area (Å²) in [6.45, 7) is 0.349. The van der Waals surface area contributed by atoms with Crippen LogP contribution in [-0.2, 0) is 6.61 Å². The van der Waals surface area contributed by atoms with Crippen molar-refractivity contribution in [3.8, 4) is 17.6 Å². The smallest absolute Gasteiger partial charge is 0.162 e. The van der Waals surface area contributed by atoms with Crippen molar-refractivity contribution in [2.75, 3.05) is 7.11 Å². The molecule has 0 radical (unpaired) electrons. The van der Waals surface area contributed by atoms with Gasteiger partial charge < -0.3 is 9.47 Å². The molecule has 0 N–H and O–H groups in total. The van der Waals surface area contributed by atoms with Gasteiger partial charge in [0.15, 0.2) is 11.5 Å². The predicted molar refractivity (Wildman–Crippen MR) is 73.5 cm³/mol. The van der Waals surface area contributed by atoms with Crippen LogP contribution < -0.4 is 9.47 Å². The van der Waals surface area contributed by atoms with E-state index < -0.39 is 0 Å². The summed E-state index contributed by atoms with van der Waals surface area (Å²) in [6, 6.07) is 14.6. The molecule has 0 saturated heterocycles. The van der Waals surface area contributed by atoms with Gasteiger partial charge in [-0.05, 0) is 18.2 Å². The number of ether oxygens (including phenoxy) is 2. The maximum absolute atomic E-state index is 8.83. The van der Waals surface area contributed by atoms with Gasteiger partial charge in [-0.15, -0.1) is 0 Å². The number of hydrogen-bond donors (Lipinski definition) is 0. The van der Waals surface area contributed by atoms with Gasteiger partial charge in [0.25, 0.3) is 0 Å². The third kappa shape index (κ3) is 3.18. The van der Waals surface area contributed by atoms with Crippen molar-refractivity contribution in [1.29, 1.82) is 5.26 Å². The Hall–Kier alpha value is -2.18. The van der Waals surface area contributed by atoms with Crippen LogP contribution in [0.3, 0.4) is 0 Å². The van der Waals surface area contributed by atoms with E-state index in [1.54, 1.807) is 25.3 Å². The van der Waals surface area contributed by atoms with Gasteiger partial charge >= 0.3 is 0 Å². The summed E-state index contributed by atoms with van der Waals surface area (Å²) in [5.41, 5.74) is 1.43. The van der Waals surface area contributed by atoms with Crippen LogP contribution in [-0.4, -0.2) is 7.11 Å². The predicted octanol–water partition coefficient (Wildman–Crippen LogP) is 3.80. The highest BCUT2D eigenvalue weighted by atomic mass is 35.5. The molecule has 0 aliphatic rings. The Morgan fingerprint density at radius 3 is 2.63 bits per heavy atom. The van der Waals surface area contributed by atoms with Crippen LogP contribution in [0.4, 0.5) is 0 Å². The molecular formula is C15H12ClNO2. The molecule has 0 saturated carbocycles. The second-order valence-corrected chi connectivity index (χ2v) is 4.26. The van der Waals surface area contributed by atoms with Crippen molar-refractivity contribution in [2.45, 2.75) is 6.61 Å². The third-order valence-corrected chi connectivity index (χ3v) is 3.00. The minimum Gasteiger partial charge on any atom is -0.493 e. The SMILES string of the molecule is COc1cc(C#N)ccc1OCc1ccccc1Cl. The van der Waals surface area contributed by atoms with Gasteiger partial charge in [-0.2, -0.15) is 5.26 Å². The fourth-order valence-electron chi connectivity index (χ4n) is 1.63. The number of nitriles is 1. The minimum absolute atomic E-state index is 0.349. The van der Waals surface area contributed by atoms with Crippen molar-refractivity contribution in [3.05, 3.63) is 58.6 Å². The molecule has 2 rings (SSSR count). The molecule has 0 aliphatic heterocycles. The molecule has 19 heavy (non-hydrogen) atoms. The van der Waals surface area contributed by atoms with Crippen LogP contribution in [0.5, 0.6) is 11.5 Å². The Labute approximate surface area is 117 Å². The summed E-state index contributed by atoms with van der Waals surface area (Å²) in [7, 11) is 1.54. The highest BCUT2D eigenvalue weighted by Gasteiger charge is 2.07. The molecule has 0 unspecified atom stereocenters. The van der Waals surface area contributed by atoms with Gasteiger partial charge in [0.05, 0.1) is 18.7 Å². The summed E-state index contributed by atoms with van der Waals surface area (Å²) < 4.78 is 10.9. The van der Waals surface area contributed by atoms with Crippen LogP contribution >= 0.6 is 11.6 Å². The lowest BCUT2D eigenvalue weighted by molar-refractivity contribution is 0.284. The van der Waals surface area contributed by atoms with Crippen LogP contribution in [0.15, 0.2) is 42.5 Å². The van der Waals surface area contributed by atoms with Crippen molar-refractivity contribution >= 4 is 11.6 Å². The first-order valence-corrected chi connectivity index (χ1v) is 6.06. The van der Waals surface area contributed by atoms with E-state index in [0.717, 1.165) is 5.56 Å². The lowest BCUT2D eigenvalue weighted by Gasteiger charge is -2.11. The zero-order valence-corrected chi connectivity index (χ0v) is 11.1. The van der Waals surface area contributed by atoms with Crippen LogP contribution in [0.1, 0.15) is 11.1 Å². The van der Waals surface area contributed by atoms with Crippen LogP contribution in [0.2, 0.25) is 5.02 Å². The monoisotopic (exact) mass is 273 g/mol. The number of halogens is 1. The van der Waals surface area contributed by atoms with E-state index in [2.05, 4.69) is 6.07 Å². The lowest BCUT2D eigenvalue weighted by Crippen LogP contribution is -1.98. The summed E-state index contributed by atoms with van der Waals surface area (Å²) in [5, 5.41) is 9.49. The number of benzene rings is 2. The molecule has 0 amide bonds. The zero-order chi connectivity index (χ0) is 13.7. The molecule has 0 heterocycles. The fourth-order valence-corrected chi connectivity index (χ4v) is 1.82. The maximum atomic E-state index is 8.83. The molecular weight excluding hydrogens is 262 g/mol. The highest BCUT2D eigenvalue weighted by molar-refractivity contribution is 6.31. The van der Waals surface area contributed by atoms with Gasteiger partial charge in [-0.25, -0.2) is 0 Å². The van der Waals surface area contributed by atoms with E-state index in [1.165, 1.54) is 0 Å². The molecule has 0 spiro atoms. The summed E-state index contributed by atoms with van der Waals surface area (Å²) in [4.78, 5) is 0. The quantitative estimate of drug-likeness (QED) is 0.851. The minimum atomic E-state index is 0.349. The maximum Gasteiger partial charge on any atom is 0.162 e.